The van der Waals surface area contributed by atoms with E-state index in [2.05, 4.69) is 10.6 Å². The highest BCUT2D eigenvalue weighted by atomic mass is 16.5. The molecule has 1 heterocycles. The van der Waals surface area contributed by atoms with Gasteiger partial charge in [0.2, 0.25) is 11.8 Å². The summed E-state index contributed by atoms with van der Waals surface area (Å²) >= 11 is 0. The number of carbonyl (C=O) groups excluding carboxylic acids is 2. The third-order valence-electron chi connectivity index (χ3n) is 3.39. The molecule has 0 saturated carbocycles. The minimum atomic E-state index is -0.690. The zero-order valence-electron chi connectivity index (χ0n) is 11.9. The number of amides is 2. The predicted molar refractivity (Wildman–Crippen MR) is 78.5 cm³/mol. The molecule has 0 aliphatic carbocycles. The van der Waals surface area contributed by atoms with E-state index in [4.69, 9.17) is 10.5 Å². The van der Waals surface area contributed by atoms with E-state index in [0.717, 1.165) is 12.1 Å². The van der Waals surface area contributed by atoms with Crippen LogP contribution in [-0.2, 0) is 20.7 Å². The number of nitrogens with one attached hydrogen (secondary N) is 2. The van der Waals surface area contributed by atoms with Gasteiger partial charge in [-0.2, -0.15) is 0 Å². The van der Waals surface area contributed by atoms with Gasteiger partial charge in [-0.15, -0.1) is 0 Å². The van der Waals surface area contributed by atoms with Gasteiger partial charge >= 0.3 is 0 Å². The molecule has 1 aromatic carbocycles. The van der Waals surface area contributed by atoms with E-state index in [1.165, 1.54) is 0 Å². The summed E-state index contributed by atoms with van der Waals surface area (Å²) in [5, 5.41) is 5.90. The first kappa shape index (κ1) is 15.5. The van der Waals surface area contributed by atoms with Crippen molar-refractivity contribution < 1.29 is 14.3 Å². The van der Waals surface area contributed by atoms with E-state index in [0.29, 0.717) is 19.6 Å². The van der Waals surface area contributed by atoms with Crippen LogP contribution in [0.1, 0.15) is 12.0 Å². The van der Waals surface area contributed by atoms with Crippen LogP contribution < -0.4 is 16.4 Å². The first-order valence-corrected chi connectivity index (χ1v) is 7.09. The molecular weight excluding hydrogens is 270 g/mol. The Kier molecular flexibility index (Phi) is 5.71. The maximum absolute atomic E-state index is 12.0. The summed E-state index contributed by atoms with van der Waals surface area (Å²) in [5.41, 5.74) is 6.33. The van der Waals surface area contributed by atoms with Crippen molar-refractivity contribution >= 4 is 11.8 Å². The van der Waals surface area contributed by atoms with E-state index in [-0.39, 0.29) is 18.4 Å². The van der Waals surface area contributed by atoms with Gasteiger partial charge < -0.3 is 21.1 Å². The van der Waals surface area contributed by atoms with Gasteiger partial charge in [-0.1, -0.05) is 30.3 Å². The molecule has 2 amide bonds. The standard InChI is InChI=1S/C15H21N3O3/c16-15(20)13(8-11-4-2-1-3-5-11)18-14(19)9-12-10-21-7-6-17-12/h1-5,12-13,17H,6-10H2,(H2,16,20)(H,18,19). The normalized spacial score (nSPS) is 19.7. The molecule has 2 atom stereocenters. The third-order valence-corrected chi connectivity index (χ3v) is 3.39. The second-order valence-electron chi connectivity index (χ2n) is 5.14. The molecule has 4 N–H and O–H groups in total. The number of morpholine rings is 1. The van der Waals surface area contributed by atoms with Gasteiger partial charge in [0.25, 0.3) is 0 Å². The van der Waals surface area contributed by atoms with E-state index < -0.39 is 11.9 Å². The Morgan fingerprint density at radius 3 is 2.76 bits per heavy atom. The van der Waals surface area contributed by atoms with Gasteiger partial charge in [0.05, 0.1) is 13.2 Å². The fourth-order valence-electron chi connectivity index (χ4n) is 2.30. The number of carbonyl (C=O) groups is 2. The Morgan fingerprint density at radius 1 is 1.38 bits per heavy atom. The number of nitrogens with two attached hydrogens (primary N) is 1. The van der Waals surface area contributed by atoms with E-state index >= 15 is 0 Å². The van der Waals surface area contributed by atoms with E-state index in [9.17, 15) is 9.59 Å². The number of benzene rings is 1. The summed E-state index contributed by atoms with van der Waals surface area (Å²) in [6, 6.07) is 8.78. The minimum absolute atomic E-state index is 0.0102. The summed E-state index contributed by atoms with van der Waals surface area (Å²) in [7, 11) is 0. The first-order chi connectivity index (χ1) is 10.1. The lowest BCUT2D eigenvalue weighted by molar-refractivity contribution is -0.128. The lowest BCUT2D eigenvalue weighted by Crippen LogP contribution is -2.49. The molecule has 1 aliphatic heterocycles. The van der Waals surface area contributed by atoms with Gasteiger partial charge in [0.15, 0.2) is 0 Å². The summed E-state index contributed by atoms with van der Waals surface area (Å²) in [4.78, 5) is 23.5. The molecule has 1 fully saturated rings. The monoisotopic (exact) mass is 291 g/mol. The molecule has 0 radical (unpaired) electrons. The third kappa shape index (κ3) is 5.17. The van der Waals surface area contributed by atoms with Crippen LogP contribution in [0.15, 0.2) is 30.3 Å². The minimum Gasteiger partial charge on any atom is -0.378 e. The van der Waals surface area contributed by atoms with Crippen molar-refractivity contribution in [2.24, 2.45) is 5.73 Å². The van der Waals surface area contributed by atoms with Crippen molar-refractivity contribution in [2.75, 3.05) is 19.8 Å². The maximum Gasteiger partial charge on any atom is 0.240 e. The highest BCUT2D eigenvalue weighted by Crippen LogP contribution is 2.04. The van der Waals surface area contributed by atoms with E-state index in [1.807, 2.05) is 30.3 Å². The lowest BCUT2D eigenvalue weighted by Gasteiger charge is -2.24. The van der Waals surface area contributed by atoms with Crippen LogP contribution in [0.25, 0.3) is 0 Å². The Balaban J connectivity index is 1.86. The highest BCUT2D eigenvalue weighted by molar-refractivity contribution is 5.87. The van der Waals surface area contributed by atoms with Crippen LogP contribution in [0, 0.1) is 0 Å². The molecular formula is C15H21N3O3. The number of hydrogen-bond acceptors (Lipinski definition) is 4. The Bertz CT molecular complexity index is 472. The average molecular weight is 291 g/mol. The number of primary amides is 1. The van der Waals surface area contributed by atoms with Crippen LogP contribution >= 0.6 is 0 Å². The average Bonchev–Trinajstić information content (AvgIpc) is 2.48. The number of hydrogen-bond donors (Lipinski definition) is 3. The molecule has 6 heteroatoms. The van der Waals surface area contributed by atoms with Gasteiger partial charge in [0.1, 0.15) is 6.04 Å². The molecule has 0 bridgehead atoms. The molecule has 21 heavy (non-hydrogen) atoms. The molecule has 1 aromatic rings. The van der Waals surface area contributed by atoms with Crippen molar-refractivity contribution in [1.82, 2.24) is 10.6 Å². The van der Waals surface area contributed by atoms with Crippen molar-refractivity contribution in [3.63, 3.8) is 0 Å². The molecule has 1 aliphatic rings. The first-order valence-electron chi connectivity index (χ1n) is 7.09. The second kappa shape index (κ2) is 7.75. The topological polar surface area (TPSA) is 93.5 Å². The fraction of sp³-hybridized carbons (Fsp3) is 0.467. The van der Waals surface area contributed by atoms with Crippen molar-refractivity contribution in [2.45, 2.75) is 24.9 Å². The predicted octanol–water partition coefficient (Wildman–Crippen LogP) is -0.422. The zero-order chi connectivity index (χ0) is 15.1. The molecule has 1 saturated heterocycles. The van der Waals surface area contributed by atoms with Crippen LogP contribution in [0.4, 0.5) is 0 Å². The zero-order valence-corrected chi connectivity index (χ0v) is 11.9. The van der Waals surface area contributed by atoms with Crippen LogP contribution in [0.3, 0.4) is 0 Å². The van der Waals surface area contributed by atoms with Gasteiger partial charge in [-0.05, 0) is 5.56 Å². The SMILES string of the molecule is NC(=O)C(Cc1ccccc1)NC(=O)CC1COCCN1. The summed E-state index contributed by atoms with van der Waals surface area (Å²) in [6.07, 6.45) is 0.676. The molecule has 6 nitrogen and oxygen atoms in total. The number of rotatable bonds is 6. The van der Waals surface area contributed by atoms with Gasteiger partial charge in [0, 0.05) is 25.4 Å². The van der Waals surface area contributed by atoms with Crippen molar-refractivity contribution in [3.8, 4) is 0 Å². The van der Waals surface area contributed by atoms with Crippen LogP contribution in [0.5, 0.6) is 0 Å². The van der Waals surface area contributed by atoms with Crippen molar-refractivity contribution in [1.29, 1.82) is 0 Å². The molecule has 0 aromatic heterocycles. The largest absolute Gasteiger partial charge is 0.378 e. The fourth-order valence-corrected chi connectivity index (χ4v) is 2.30. The number of ether oxygens (including phenoxy) is 1. The molecule has 2 unspecified atom stereocenters. The lowest BCUT2D eigenvalue weighted by atomic mass is 10.0. The van der Waals surface area contributed by atoms with E-state index in [1.54, 1.807) is 0 Å². The molecule has 2 rings (SSSR count). The second-order valence-corrected chi connectivity index (χ2v) is 5.14. The summed E-state index contributed by atoms with van der Waals surface area (Å²) < 4.78 is 5.30. The Labute approximate surface area is 124 Å². The summed E-state index contributed by atoms with van der Waals surface area (Å²) in [5.74, 6) is -0.724. The van der Waals surface area contributed by atoms with Crippen LogP contribution in [-0.4, -0.2) is 43.7 Å². The quantitative estimate of drug-likeness (QED) is 0.663. The summed E-state index contributed by atoms with van der Waals surface area (Å²) in [6.45, 7) is 1.91. The highest BCUT2D eigenvalue weighted by Gasteiger charge is 2.22. The Morgan fingerprint density at radius 2 is 2.14 bits per heavy atom. The molecule has 0 spiro atoms. The van der Waals surface area contributed by atoms with Gasteiger partial charge in [-0.3, -0.25) is 9.59 Å². The smallest absolute Gasteiger partial charge is 0.240 e. The van der Waals surface area contributed by atoms with Crippen molar-refractivity contribution in [3.05, 3.63) is 35.9 Å². The maximum atomic E-state index is 12.0. The van der Waals surface area contributed by atoms with Crippen LogP contribution in [0.2, 0.25) is 0 Å². The van der Waals surface area contributed by atoms with Gasteiger partial charge in [-0.25, -0.2) is 0 Å². The Hall–Kier alpha value is -1.92. The molecule has 114 valence electrons.